The topological polar surface area (TPSA) is 55.6 Å². The standard InChI is InChI=1S/C17H25FN2O2/c1-17(2,3)22-16(21)20-8-6-12(7-9-20)15-10-14(18)5-4-13(15)11-19/h4-5,10,12H,6-9,11,19H2,1-3H3. The van der Waals surface area contributed by atoms with Crippen LogP contribution >= 0.6 is 0 Å². The van der Waals surface area contributed by atoms with Crippen LogP contribution in [0.1, 0.15) is 50.7 Å². The molecule has 122 valence electrons. The number of benzene rings is 1. The lowest BCUT2D eigenvalue weighted by Crippen LogP contribution is -2.41. The Morgan fingerprint density at radius 3 is 2.55 bits per heavy atom. The van der Waals surface area contributed by atoms with Crippen LogP contribution in [0.2, 0.25) is 0 Å². The van der Waals surface area contributed by atoms with Gasteiger partial charge in [0.05, 0.1) is 0 Å². The molecule has 22 heavy (non-hydrogen) atoms. The predicted octanol–water partition coefficient (Wildman–Crippen LogP) is 3.40. The van der Waals surface area contributed by atoms with E-state index in [-0.39, 0.29) is 17.8 Å². The third-order valence-corrected chi connectivity index (χ3v) is 3.91. The van der Waals surface area contributed by atoms with Crippen molar-refractivity contribution in [3.8, 4) is 0 Å². The van der Waals surface area contributed by atoms with Crippen LogP contribution in [0.3, 0.4) is 0 Å². The third kappa shape index (κ3) is 4.19. The predicted molar refractivity (Wildman–Crippen MR) is 84.1 cm³/mol. The Hall–Kier alpha value is -1.62. The van der Waals surface area contributed by atoms with Gasteiger partial charge in [0.1, 0.15) is 11.4 Å². The molecule has 2 N–H and O–H groups in total. The van der Waals surface area contributed by atoms with Crippen LogP contribution in [0.15, 0.2) is 18.2 Å². The fourth-order valence-corrected chi connectivity index (χ4v) is 2.83. The molecule has 4 nitrogen and oxygen atoms in total. The first kappa shape index (κ1) is 16.7. The van der Waals surface area contributed by atoms with E-state index in [2.05, 4.69) is 0 Å². The van der Waals surface area contributed by atoms with Crippen LogP contribution in [0.4, 0.5) is 9.18 Å². The number of halogens is 1. The van der Waals surface area contributed by atoms with E-state index in [1.807, 2.05) is 20.8 Å². The molecule has 1 aliphatic heterocycles. The minimum atomic E-state index is -0.483. The van der Waals surface area contributed by atoms with Gasteiger partial charge in [-0.3, -0.25) is 0 Å². The first-order valence-corrected chi connectivity index (χ1v) is 7.76. The Balaban J connectivity index is 2.00. The van der Waals surface area contributed by atoms with Gasteiger partial charge in [0.15, 0.2) is 0 Å². The zero-order valence-corrected chi connectivity index (χ0v) is 13.6. The summed E-state index contributed by atoms with van der Waals surface area (Å²) in [4.78, 5) is 13.8. The average molecular weight is 308 g/mol. The third-order valence-electron chi connectivity index (χ3n) is 3.91. The number of carbonyl (C=O) groups excluding carboxylic acids is 1. The Morgan fingerprint density at radius 1 is 1.36 bits per heavy atom. The summed E-state index contributed by atoms with van der Waals surface area (Å²) in [5.41, 5.74) is 7.22. The molecule has 1 aromatic carbocycles. The molecule has 1 aliphatic rings. The van der Waals surface area contributed by atoms with Crippen molar-refractivity contribution in [2.45, 2.75) is 51.7 Å². The summed E-state index contributed by atoms with van der Waals surface area (Å²) in [6, 6.07) is 4.78. The molecule has 0 atom stereocenters. The van der Waals surface area contributed by atoms with Crippen molar-refractivity contribution in [1.29, 1.82) is 0 Å². The summed E-state index contributed by atoms with van der Waals surface area (Å²) in [6.07, 6.45) is 1.33. The fraction of sp³-hybridized carbons (Fsp3) is 0.588. The summed E-state index contributed by atoms with van der Waals surface area (Å²) in [5, 5.41) is 0. The lowest BCUT2D eigenvalue weighted by molar-refractivity contribution is 0.0204. The van der Waals surface area contributed by atoms with E-state index in [4.69, 9.17) is 10.5 Å². The number of hydrogen-bond acceptors (Lipinski definition) is 3. The zero-order valence-electron chi connectivity index (χ0n) is 13.6. The minimum absolute atomic E-state index is 0.234. The van der Waals surface area contributed by atoms with Crippen molar-refractivity contribution < 1.29 is 13.9 Å². The largest absolute Gasteiger partial charge is 0.444 e. The van der Waals surface area contributed by atoms with E-state index < -0.39 is 5.60 Å². The monoisotopic (exact) mass is 308 g/mol. The molecule has 1 amide bonds. The van der Waals surface area contributed by atoms with Crippen LogP contribution in [-0.4, -0.2) is 29.7 Å². The number of likely N-dealkylation sites (tertiary alicyclic amines) is 1. The Kier molecular flexibility index (Phi) is 5.06. The highest BCUT2D eigenvalue weighted by Crippen LogP contribution is 2.31. The van der Waals surface area contributed by atoms with E-state index in [1.54, 1.807) is 17.0 Å². The molecule has 0 aromatic heterocycles. The van der Waals surface area contributed by atoms with E-state index in [0.29, 0.717) is 19.6 Å². The summed E-state index contributed by atoms with van der Waals surface area (Å²) >= 11 is 0. The Labute approximate surface area is 131 Å². The molecule has 2 rings (SSSR count). The van der Waals surface area contributed by atoms with Gasteiger partial charge in [0, 0.05) is 19.6 Å². The van der Waals surface area contributed by atoms with Gasteiger partial charge < -0.3 is 15.4 Å². The molecular weight excluding hydrogens is 283 g/mol. The number of nitrogens with zero attached hydrogens (tertiary/aromatic N) is 1. The number of rotatable bonds is 2. The molecule has 1 heterocycles. The van der Waals surface area contributed by atoms with E-state index in [1.165, 1.54) is 6.07 Å². The van der Waals surface area contributed by atoms with Crippen molar-refractivity contribution in [2.75, 3.05) is 13.1 Å². The van der Waals surface area contributed by atoms with Crippen LogP contribution in [0.25, 0.3) is 0 Å². The summed E-state index contributed by atoms with van der Waals surface area (Å²) in [5.74, 6) is 0.00899. The maximum Gasteiger partial charge on any atom is 0.410 e. The van der Waals surface area contributed by atoms with Gasteiger partial charge in [-0.1, -0.05) is 6.07 Å². The molecule has 0 saturated carbocycles. The summed E-state index contributed by atoms with van der Waals surface area (Å²) in [7, 11) is 0. The highest BCUT2D eigenvalue weighted by molar-refractivity contribution is 5.68. The number of ether oxygens (including phenoxy) is 1. The molecule has 0 radical (unpaired) electrons. The lowest BCUT2D eigenvalue weighted by atomic mass is 9.86. The molecule has 1 aromatic rings. The SMILES string of the molecule is CC(C)(C)OC(=O)N1CCC(c2cc(F)ccc2CN)CC1. The maximum atomic E-state index is 13.5. The zero-order chi connectivity index (χ0) is 16.3. The molecule has 5 heteroatoms. The Bertz CT molecular complexity index is 532. The van der Waals surface area contributed by atoms with Crippen LogP contribution in [0.5, 0.6) is 0 Å². The first-order valence-electron chi connectivity index (χ1n) is 7.76. The van der Waals surface area contributed by atoms with Gasteiger partial charge in [-0.05, 0) is 62.8 Å². The van der Waals surface area contributed by atoms with Crippen LogP contribution < -0.4 is 5.73 Å². The van der Waals surface area contributed by atoms with Crippen molar-refractivity contribution in [3.63, 3.8) is 0 Å². The maximum absolute atomic E-state index is 13.5. The first-order chi connectivity index (χ1) is 10.3. The molecule has 0 unspecified atom stereocenters. The molecule has 0 bridgehead atoms. The fourth-order valence-electron chi connectivity index (χ4n) is 2.83. The lowest BCUT2D eigenvalue weighted by Gasteiger charge is -2.34. The molecule has 0 spiro atoms. The van der Waals surface area contributed by atoms with E-state index in [9.17, 15) is 9.18 Å². The molecule has 1 saturated heterocycles. The smallest absolute Gasteiger partial charge is 0.410 e. The van der Waals surface area contributed by atoms with Gasteiger partial charge in [0.25, 0.3) is 0 Å². The van der Waals surface area contributed by atoms with Gasteiger partial charge in [-0.15, -0.1) is 0 Å². The van der Waals surface area contributed by atoms with Gasteiger partial charge in [-0.2, -0.15) is 0 Å². The van der Waals surface area contributed by atoms with Crippen molar-refractivity contribution in [2.24, 2.45) is 5.73 Å². The quantitative estimate of drug-likeness (QED) is 0.911. The second-order valence-electron chi connectivity index (χ2n) is 6.79. The van der Waals surface area contributed by atoms with E-state index in [0.717, 1.165) is 24.0 Å². The summed E-state index contributed by atoms with van der Waals surface area (Å²) < 4.78 is 18.9. The van der Waals surface area contributed by atoms with Gasteiger partial charge in [0.2, 0.25) is 0 Å². The normalized spacial score (nSPS) is 16.7. The molecular formula is C17H25FN2O2. The number of piperidine rings is 1. The molecule has 1 fully saturated rings. The highest BCUT2D eigenvalue weighted by atomic mass is 19.1. The van der Waals surface area contributed by atoms with Gasteiger partial charge in [-0.25, -0.2) is 9.18 Å². The van der Waals surface area contributed by atoms with Crippen LogP contribution in [-0.2, 0) is 11.3 Å². The number of amides is 1. The minimum Gasteiger partial charge on any atom is -0.444 e. The number of hydrogen-bond donors (Lipinski definition) is 1. The average Bonchev–Trinajstić information content (AvgIpc) is 2.45. The number of nitrogens with two attached hydrogens (primary N) is 1. The second-order valence-corrected chi connectivity index (χ2v) is 6.79. The van der Waals surface area contributed by atoms with Crippen molar-refractivity contribution in [1.82, 2.24) is 4.90 Å². The number of carbonyl (C=O) groups is 1. The van der Waals surface area contributed by atoms with Crippen LogP contribution in [0, 0.1) is 5.82 Å². The highest BCUT2D eigenvalue weighted by Gasteiger charge is 2.28. The van der Waals surface area contributed by atoms with E-state index >= 15 is 0 Å². The second kappa shape index (κ2) is 6.65. The summed E-state index contributed by atoms with van der Waals surface area (Å²) in [6.45, 7) is 7.23. The van der Waals surface area contributed by atoms with Gasteiger partial charge >= 0.3 is 6.09 Å². The van der Waals surface area contributed by atoms with Crippen molar-refractivity contribution >= 4 is 6.09 Å². The Morgan fingerprint density at radius 2 is 2.00 bits per heavy atom. The molecule has 0 aliphatic carbocycles. The van der Waals surface area contributed by atoms with Crippen molar-refractivity contribution in [3.05, 3.63) is 35.1 Å².